The third-order valence-electron chi connectivity index (χ3n) is 2.81. The Labute approximate surface area is 91.7 Å². The average molecular weight is 260 g/mol. The predicted molar refractivity (Wildman–Crippen MR) is 56.9 cm³/mol. The molecule has 1 aromatic heterocycles. The molecule has 0 amide bonds. The minimum atomic E-state index is -0.267. The van der Waals surface area contributed by atoms with E-state index in [2.05, 4.69) is 15.9 Å². The number of hydrogen-bond acceptors (Lipinski definition) is 3. The van der Waals surface area contributed by atoms with Gasteiger partial charge in [-0.25, -0.2) is 0 Å². The lowest BCUT2D eigenvalue weighted by Gasteiger charge is -2.28. The quantitative estimate of drug-likeness (QED) is 0.889. The van der Waals surface area contributed by atoms with Crippen LogP contribution in [0.25, 0.3) is 0 Å². The number of rotatable bonds is 2. The van der Waals surface area contributed by atoms with Gasteiger partial charge in [-0.2, -0.15) is 0 Å². The van der Waals surface area contributed by atoms with E-state index < -0.39 is 0 Å². The fraction of sp³-hybridized carbons (Fsp3) is 0.600. The van der Waals surface area contributed by atoms with Gasteiger partial charge in [-0.05, 0) is 47.8 Å². The van der Waals surface area contributed by atoms with Crippen molar-refractivity contribution in [1.82, 2.24) is 0 Å². The lowest BCUT2D eigenvalue weighted by molar-refractivity contribution is -0.00703. The van der Waals surface area contributed by atoms with Crippen molar-refractivity contribution in [1.29, 1.82) is 0 Å². The zero-order valence-corrected chi connectivity index (χ0v) is 9.71. The van der Waals surface area contributed by atoms with Gasteiger partial charge in [0, 0.05) is 6.61 Å². The number of furan rings is 1. The fourth-order valence-electron chi connectivity index (χ4n) is 1.84. The van der Waals surface area contributed by atoms with E-state index in [1.165, 1.54) is 0 Å². The summed E-state index contributed by atoms with van der Waals surface area (Å²) in [4.78, 5) is 0. The highest BCUT2D eigenvalue weighted by Gasteiger charge is 2.38. The first-order valence-electron chi connectivity index (χ1n) is 4.76. The number of halogens is 1. The molecule has 2 unspecified atom stereocenters. The van der Waals surface area contributed by atoms with Gasteiger partial charge in [-0.3, -0.25) is 0 Å². The molecule has 0 saturated carbocycles. The van der Waals surface area contributed by atoms with Crippen LogP contribution in [0.1, 0.15) is 31.6 Å². The second-order valence-electron chi connectivity index (χ2n) is 3.88. The topological polar surface area (TPSA) is 48.4 Å². The summed E-state index contributed by atoms with van der Waals surface area (Å²) >= 11 is 3.26. The molecule has 0 radical (unpaired) electrons. The monoisotopic (exact) mass is 259 g/mol. The molecule has 1 aliphatic rings. The van der Waals surface area contributed by atoms with E-state index in [0.29, 0.717) is 4.67 Å². The van der Waals surface area contributed by atoms with E-state index in [-0.39, 0.29) is 11.6 Å². The molecule has 3 nitrogen and oxygen atoms in total. The predicted octanol–water partition coefficient (Wildman–Crippen LogP) is 2.61. The largest absolute Gasteiger partial charge is 0.453 e. The van der Waals surface area contributed by atoms with E-state index in [1.54, 1.807) is 0 Å². The zero-order valence-electron chi connectivity index (χ0n) is 8.13. The Kier molecular flexibility index (Phi) is 2.68. The molecule has 1 saturated heterocycles. The molecular weight excluding hydrogens is 246 g/mol. The van der Waals surface area contributed by atoms with Crippen LogP contribution in [-0.2, 0) is 4.74 Å². The van der Waals surface area contributed by atoms with Crippen molar-refractivity contribution in [2.75, 3.05) is 6.61 Å². The van der Waals surface area contributed by atoms with Gasteiger partial charge >= 0.3 is 0 Å². The lowest BCUT2D eigenvalue weighted by Crippen LogP contribution is -2.37. The first-order valence-corrected chi connectivity index (χ1v) is 5.56. The molecule has 0 aromatic carbocycles. The molecule has 0 spiro atoms. The van der Waals surface area contributed by atoms with Gasteiger partial charge in [-0.1, -0.05) is 0 Å². The summed E-state index contributed by atoms with van der Waals surface area (Å²) < 4.78 is 11.8. The second-order valence-corrected chi connectivity index (χ2v) is 4.67. The van der Waals surface area contributed by atoms with Gasteiger partial charge in [0.2, 0.25) is 0 Å². The summed E-state index contributed by atoms with van der Waals surface area (Å²) in [5.74, 6) is 0.779. The SMILES string of the molecule is CC1(C(N)c2ccc(Br)o2)CCCO1. The molecule has 4 heteroatoms. The molecule has 78 valence electrons. The highest BCUT2D eigenvalue weighted by molar-refractivity contribution is 9.10. The molecule has 1 aliphatic heterocycles. The van der Waals surface area contributed by atoms with Gasteiger partial charge in [0.1, 0.15) is 5.76 Å². The standard InChI is InChI=1S/C10H14BrNO2/c1-10(5-2-6-13-10)9(12)7-3-4-8(11)14-7/h3-4,9H,2,5-6,12H2,1H3. The number of ether oxygens (including phenoxy) is 1. The molecule has 2 heterocycles. The van der Waals surface area contributed by atoms with Gasteiger partial charge < -0.3 is 14.9 Å². The van der Waals surface area contributed by atoms with Crippen molar-refractivity contribution >= 4 is 15.9 Å². The van der Waals surface area contributed by atoms with E-state index in [9.17, 15) is 0 Å². The Bertz CT molecular complexity index is 318. The van der Waals surface area contributed by atoms with E-state index >= 15 is 0 Å². The first-order chi connectivity index (χ1) is 6.62. The second kappa shape index (κ2) is 3.68. The van der Waals surface area contributed by atoms with Gasteiger partial charge in [0.05, 0.1) is 11.6 Å². The summed E-state index contributed by atoms with van der Waals surface area (Å²) in [5.41, 5.74) is 5.84. The van der Waals surface area contributed by atoms with Gasteiger partial charge in [-0.15, -0.1) is 0 Å². The molecule has 2 rings (SSSR count). The van der Waals surface area contributed by atoms with Gasteiger partial charge in [0.25, 0.3) is 0 Å². The van der Waals surface area contributed by atoms with Crippen LogP contribution in [0, 0.1) is 0 Å². The van der Waals surface area contributed by atoms with E-state index in [1.807, 2.05) is 19.1 Å². The maximum absolute atomic E-state index is 6.11. The van der Waals surface area contributed by atoms with E-state index in [0.717, 1.165) is 25.2 Å². The third-order valence-corrected chi connectivity index (χ3v) is 3.23. The minimum Gasteiger partial charge on any atom is -0.453 e. The fourth-order valence-corrected chi connectivity index (χ4v) is 2.16. The third kappa shape index (κ3) is 1.74. The highest BCUT2D eigenvalue weighted by Crippen LogP contribution is 2.36. The molecule has 14 heavy (non-hydrogen) atoms. The van der Waals surface area contributed by atoms with Crippen LogP contribution in [0.4, 0.5) is 0 Å². The molecule has 0 bridgehead atoms. The van der Waals surface area contributed by atoms with Crippen molar-refractivity contribution < 1.29 is 9.15 Å². The molecule has 2 N–H and O–H groups in total. The zero-order chi connectivity index (χ0) is 10.2. The van der Waals surface area contributed by atoms with Crippen LogP contribution in [0.15, 0.2) is 21.2 Å². The molecule has 1 aromatic rings. The average Bonchev–Trinajstić information content (AvgIpc) is 2.74. The molecular formula is C10H14BrNO2. The van der Waals surface area contributed by atoms with E-state index in [4.69, 9.17) is 14.9 Å². The molecule has 2 atom stereocenters. The van der Waals surface area contributed by atoms with Crippen molar-refractivity contribution in [3.05, 3.63) is 22.6 Å². The Morgan fingerprint density at radius 2 is 2.36 bits per heavy atom. The smallest absolute Gasteiger partial charge is 0.169 e. The Morgan fingerprint density at radius 1 is 1.57 bits per heavy atom. The summed E-state index contributed by atoms with van der Waals surface area (Å²) in [7, 11) is 0. The summed E-state index contributed by atoms with van der Waals surface area (Å²) in [6.45, 7) is 2.84. The normalized spacial score (nSPS) is 29.4. The van der Waals surface area contributed by atoms with Crippen molar-refractivity contribution in [2.45, 2.75) is 31.4 Å². The maximum atomic E-state index is 6.11. The number of nitrogens with two attached hydrogens (primary N) is 1. The highest BCUT2D eigenvalue weighted by atomic mass is 79.9. The Morgan fingerprint density at radius 3 is 2.86 bits per heavy atom. The van der Waals surface area contributed by atoms with Crippen LogP contribution < -0.4 is 5.73 Å². The Balaban J connectivity index is 2.18. The lowest BCUT2D eigenvalue weighted by atomic mass is 9.92. The van der Waals surface area contributed by atoms with Crippen LogP contribution in [0.5, 0.6) is 0 Å². The van der Waals surface area contributed by atoms with Crippen LogP contribution in [-0.4, -0.2) is 12.2 Å². The summed E-state index contributed by atoms with van der Waals surface area (Å²) in [6, 6.07) is 3.56. The summed E-state index contributed by atoms with van der Waals surface area (Å²) in [5, 5.41) is 0. The number of hydrogen-bond donors (Lipinski definition) is 1. The minimum absolute atomic E-state index is 0.184. The van der Waals surface area contributed by atoms with Crippen LogP contribution in [0.2, 0.25) is 0 Å². The molecule has 1 fully saturated rings. The Hall–Kier alpha value is -0.320. The summed E-state index contributed by atoms with van der Waals surface area (Å²) in [6.07, 6.45) is 2.07. The van der Waals surface area contributed by atoms with Gasteiger partial charge in [0.15, 0.2) is 4.67 Å². The van der Waals surface area contributed by atoms with Crippen LogP contribution in [0.3, 0.4) is 0 Å². The van der Waals surface area contributed by atoms with Crippen molar-refractivity contribution in [2.24, 2.45) is 5.73 Å². The molecule has 0 aliphatic carbocycles. The maximum Gasteiger partial charge on any atom is 0.169 e. The van der Waals surface area contributed by atoms with Crippen molar-refractivity contribution in [3.63, 3.8) is 0 Å². The first kappa shape index (κ1) is 10.2. The van der Waals surface area contributed by atoms with Crippen molar-refractivity contribution in [3.8, 4) is 0 Å². The van der Waals surface area contributed by atoms with Crippen LogP contribution >= 0.6 is 15.9 Å².